The lowest BCUT2D eigenvalue weighted by Gasteiger charge is -2.24. The number of hydrogen-bond donors (Lipinski definition) is 1. The molecule has 4 rings (SSSR count). The van der Waals surface area contributed by atoms with Crippen LogP contribution in [-0.4, -0.2) is 28.6 Å². The Kier molecular flexibility index (Phi) is 3.63. The lowest BCUT2D eigenvalue weighted by atomic mass is 10.0. The zero-order valence-corrected chi connectivity index (χ0v) is 13.7. The second-order valence-corrected chi connectivity index (χ2v) is 6.71. The molecule has 2 aliphatic rings. The van der Waals surface area contributed by atoms with Crippen molar-refractivity contribution in [3.8, 4) is 0 Å². The van der Waals surface area contributed by atoms with Crippen molar-refractivity contribution in [2.24, 2.45) is 0 Å². The van der Waals surface area contributed by atoms with Gasteiger partial charge in [-0.15, -0.1) is 0 Å². The Morgan fingerprint density at radius 1 is 1.00 bits per heavy atom. The van der Waals surface area contributed by atoms with Gasteiger partial charge in [0.05, 0.1) is 6.54 Å². The third kappa shape index (κ3) is 2.44. The molecule has 0 aliphatic carbocycles. The fraction of sp³-hybridized carbons (Fsp3) is 0.316. The third-order valence-corrected chi connectivity index (χ3v) is 5.11. The van der Waals surface area contributed by atoms with Gasteiger partial charge in [-0.3, -0.25) is 0 Å². The number of anilines is 1. The average molecular weight is 328 g/mol. The van der Waals surface area contributed by atoms with E-state index >= 15 is 0 Å². The largest absolute Gasteiger partial charge is 0.346 e. The zero-order chi connectivity index (χ0) is 15.9. The van der Waals surface area contributed by atoms with E-state index in [-0.39, 0.29) is 0 Å². The van der Waals surface area contributed by atoms with Crippen LogP contribution in [0, 0.1) is 0 Å². The summed E-state index contributed by atoms with van der Waals surface area (Å²) in [4.78, 5) is 2.26. The number of benzene rings is 2. The Hall–Kier alpha value is -1.84. The van der Waals surface area contributed by atoms with Gasteiger partial charge in [-0.1, -0.05) is 41.9 Å². The van der Waals surface area contributed by atoms with Gasteiger partial charge in [-0.05, 0) is 37.1 Å². The van der Waals surface area contributed by atoms with Gasteiger partial charge in [0.15, 0.2) is 6.54 Å². The van der Waals surface area contributed by atoms with Crippen LogP contribution in [0.25, 0.3) is 0 Å². The highest BCUT2D eigenvalue weighted by Gasteiger charge is 2.52. The maximum atomic E-state index is 11.5. The first kappa shape index (κ1) is 14.7. The molecule has 0 amide bonds. The molecule has 0 radical (unpaired) electrons. The summed E-state index contributed by atoms with van der Waals surface area (Å²) < 4.78 is 2.17. The molecule has 0 saturated carbocycles. The molecule has 2 aromatic rings. The van der Waals surface area contributed by atoms with Crippen LogP contribution < -0.4 is 4.90 Å². The van der Waals surface area contributed by atoms with Crippen molar-refractivity contribution in [3.05, 3.63) is 65.2 Å². The Morgan fingerprint density at radius 2 is 1.74 bits per heavy atom. The van der Waals surface area contributed by atoms with Crippen molar-refractivity contribution in [2.75, 3.05) is 18.0 Å². The molecular weight excluding hydrogens is 308 g/mol. The van der Waals surface area contributed by atoms with Gasteiger partial charge in [0.1, 0.15) is 5.69 Å². The second-order valence-electron chi connectivity index (χ2n) is 6.27. The van der Waals surface area contributed by atoms with Crippen molar-refractivity contribution < 1.29 is 9.68 Å². The lowest BCUT2D eigenvalue weighted by Crippen LogP contribution is -2.41. The summed E-state index contributed by atoms with van der Waals surface area (Å²) in [6.07, 6.45) is 3.29. The Balaban J connectivity index is 1.80. The highest BCUT2D eigenvalue weighted by atomic mass is 35.5. The number of nitrogens with zero attached hydrogens (tertiary/aromatic N) is 2. The average Bonchev–Trinajstić information content (AvgIpc) is 2.91. The number of amidine groups is 1. The molecule has 118 valence electrons. The SMILES string of the molecule is O[C@@]1(c2ccc(Cl)cc2)CN(c2ccccc2)C2=[N+]1CCCC2. The van der Waals surface area contributed by atoms with E-state index in [9.17, 15) is 5.11 Å². The predicted molar refractivity (Wildman–Crippen MR) is 93.1 cm³/mol. The number of para-hydroxylation sites is 1. The van der Waals surface area contributed by atoms with E-state index < -0.39 is 5.72 Å². The van der Waals surface area contributed by atoms with E-state index in [1.807, 2.05) is 42.5 Å². The van der Waals surface area contributed by atoms with Gasteiger partial charge in [-0.2, -0.15) is 0 Å². The molecule has 3 nitrogen and oxygen atoms in total. The van der Waals surface area contributed by atoms with Crippen LogP contribution in [0.3, 0.4) is 0 Å². The van der Waals surface area contributed by atoms with E-state index in [4.69, 9.17) is 11.6 Å². The smallest absolute Gasteiger partial charge is 0.271 e. The van der Waals surface area contributed by atoms with Crippen molar-refractivity contribution in [3.63, 3.8) is 0 Å². The molecule has 4 heteroatoms. The normalized spacial score (nSPS) is 24.0. The Bertz CT molecular complexity index is 742. The molecule has 0 bridgehead atoms. The van der Waals surface area contributed by atoms with E-state index in [1.165, 1.54) is 12.3 Å². The van der Waals surface area contributed by atoms with Gasteiger partial charge < -0.3 is 5.11 Å². The Labute approximate surface area is 141 Å². The van der Waals surface area contributed by atoms with Crippen molar-refractivity contribution in [1.29, 1.82) is 0 Å². The summed E-state index contributed by atoms with van der Waals surface area (Å²) in [5, 5.41) is 12.2. The summed E-state index contributed by atoms with van der Waals surface area (Å²) in [7, 11) is 0. The predicted octanol–water partition coefficient (Wildman–Crippen LogP) is 3.60. The number of halogens is 1. The topological polar surface area (TPSA) is 26.5 Å². The van der Waals surface area contributed by atoms with Crippen LogP contribution in [0.1, 0.15) is 24.8 Å². The first-order chi connectivity index (χ1) is 11.2. The minimum absolute atomic E-state index is 0.550. The first-order valence-corrected chi connectivity index (χ1v) is 8.51. The van der Waals surface area contributed by atoms with Gasteiger partial charge in [0.25, 0.3) is 11.6 Å². The number of rotatable bonds is 2. The molecule has 2 aromatic carbocycles. The van der Waals surface area contributed by atoms with Crippen LogP contribution in [-0.2, 0) is 5.72 Å². The molecule has 23 heavy (non-hydrogen) atoms. The fourth-order valence-electron chi connectivity index (χ4n) is 3.71. The van der Waals surface area contributed by atoms with Crippen LogP contribution in [0.2, 0.25) is 5.02 Å². The molecule has 0 spiro atoms. The minimum atomic E-state index is -0.990. The quantitative estimate of drug-likeness (QED) is 0.853. The standard InChI is InChI=1S/C19H20ClN2O/c20-16-11-9-15(10-12-16)19(23)14-21(17-6-2-1-3-7-17)18-8-4-5-13-22(18)19/h1-3,6-7,9-12,23H,4-5,8,13-14H2/q+1/t19-/m1/s1. The zero-order valence-electron chi connectivity index (χ0n) is 13.0. The molecule has 2 heterocycles. The van der Waals surface area contributed by atoms with E-state index in [0.717, 1.165) is 30.6 Å². The van der Waals surface area contributed by atoms with Crippen molar-refractivity contribution in [2.45, 2.75) is 25.0 Å². The molecule has 0 fully saturated rings. The highest BCUT2D eigenvalue weighted by molar-refractivity contribution is 6.30. The summed E-state index contributed by atoms with van der Waals surface area (Å²) in [6.45, 7) is 1.44. The summed E-state index contributed by atoms with van der Waals surface area (Å²) in [6, 6.07) is 17.9. The van der Waals surface area contributed by atoms with Crippen LogP contribution in [0.15, 0.2) is 54.6 Å². The number of hydrogen-bond acceptors (Lipinski definition) is 2. The van der Waals surface area contributed by atoms with Crippen LogP contribution >= 0.6 is 11.6 Å². The maximum Gasteiger partial charge on any atom is 0.271 e. The molecular formula is C19H20ClN2O+. The van der Waals surface area contributed by atoms with Gasteiger partial charge in [-0.25, -0.2) is 9.48 Å². The van der Waals surface area contributed by atoms with Crippen molar-refractivity contribution >= 4 is 23.1 Å². The molecule has 1 N–H and O–H groups in total. The van der Waals surface area contributed by atoms with E-state index in [1.54, 1.807) is 0 Å². The second kappa shape index (κ2) is 5.66. The fourth-order valence-corrected chi connectivity index (χ4v) is 3.83. The molecule has 2 aliphatic heterocycles. The molecule has 0 aromatic heterocycles. The van der Waals surface area contributed by atoms with E-state index in [2.05, 4.69) is 21.6 Å². The summed E-state index contributed by atoms with van der Waals surface area (Å²) in [5.74, 6) is 1.22. The summed E-state index contributed by atoms with van der Waals surface area (Å²) >= 11 is 6.01. The maximum absolute atomic E-state index is 11.5. The molecule has 0 unspecified atom stereocenters. The molecule has 1 atom stereocenters. The third-order valence-electron chi connectivity index (χ3n) is 4.85. The Morgan fingerprint density at radius 3 is 2.48 bits per heavy atom. The van der Waals surface area contributed by atoms with Crippen LogP contribution in [0.4, 0.5) is 5.69 Å². The van der Waals surface area contributed by atoms with E-state index in [0.29, 0.717) is 11.6 Å². The highest BCUT2D eigenvalue weighted by Crippen LogP contribution is 2.35. The van der Waals surface area contributed by atoms with Crippen molar-refractivity contribution in [1.82, 2.24) is 0 Å². The van der Waals surface area contributed by atoms with Crippen LogP contribution in [0.5, 0.6) is 0 Å². The summed E-state index contributed by atoms with van der Waals surface area (Å²) in [5.41, 5.74) is 1.05. The first-order valence-electron chi connectivity index (χ1n) is 8.13. The number of aliphatic hydroxyl groups is 1. The molecule has 0 saturated heterocycles. The minimum Gasteiger partial charge on any atom is -0.346 e. The monoisotopic (exact) mass is 327 g/mol. The lowest BCUT2D eigenvalue weighted by molar-refractivity contribution is -0.661. The van der Waals surface area contributed by atoms with Gasteiger partial charge >= 0.3 is 0 Å². The number of β-amino-alcohol motifs (C(OH)–C–C–N with tert-alkyl or cyclic N) is 1. The van der Waals surface area contributed by atoms with Gasteiger partial charge in [0, 0.05) is 17.0 Å². The van der Waals surface area contributed by atoms with Gasteiger partial charge in [0.2, 0.25) is 0 Å².